The molecule has 244 valence electrons. The van der Waals surface area contributed by atoms with Gasteiger partial charge >= 0.3 is 0 Å². The van der Waals surface area contributed by atoms with Gasteiger partial charge in [-0.25, -0.2) is 19.9 Å². The van der Waals surface area contributed by atoms with Gasteiger partial charge in [-0.15, -0.1) is 0 Å². The van der Waals surface area contributed by atoms with Crippen LogP contribution in [-0.2, 0) is 24.1 Å². The van der Waals surface area contributed by atoms with Crippen LogP contribution in [0.15, 0.2) is 36.9 Å². The predicted octanol–water partition coefficient (Wildman–Crippen LogP) is 5.91. The molecule has 0 saturated heterocycles. The average Bonchev–Trinajstić information content (AvgIpc) is 3.57. The zero-order chi connectivity index (χ0) is 33.7. The fourth-order valence-electron chi connectivity index (χ4n) is 6.31. The third-order valence-corrected chi connectivity index (χ3v) is 8.38. The number of aryl methyl sites for hydroxylation is 3. The molecule has 0 aliphatic heterocycles. The van der Waals surface area contributed by atoms with Crippen molar-refractivity contribution in [3.63, 3.8) is 0 Å². The molecule has 4 heterocycles. The Kier molecular flexibility index (Phi) is 10.3. The summed E-state index contributed by atoms with van der Waals surface area (Å²) in [4.78, 5) is 63.3. The molecule has 0 atom stereocenters. The molecule has 0 unspecified atom stereocenters. The lowest BCUT2D eigenvalue weighted by atomic mass is 9.93. The summed E-state index contributed by atoms with van der Waals surface area (Å²) in [6, 6.07) is 5.83. The summed E-state index contributed by atoms with van der Waals surface area (Å²) in [6.07, 6.45) is 12.6. The molecule has 4 aromatic rings. The second-order valence-corrected chi connectivity index (χ2v) is 12.1. The third-order valence-electron chi connectivity index (χ3n) is 8.38. The predicted molar refractivity (Wildman–Crippen MR) is 180 cm³/mol. The number of nitrogens with one attached hydrogen (secondary N) is 2. The minimum atomic E-state index is -0.120. The van der Waals surface area contributed by atoms with Crippen LogP contribution < -0.4 is 10.6 Å². The minimum Gasteiger partial charge on any atom is -0.388 e. The summed E-state index contributed by atoms with van der Waals surface area (Å²) >= 11 is 0. The first-order valence-corrected chi connectivity index (χ1v) is 16.1. The minimum absolute atomic E-state index is 0.0801. The maximum Gasteiger partial charge on any atom is 0.221 e. The zero-order valence-corrected chi connectivity index (χ0v) is 27.7. The summed E-state index contributed by atoms with van der Waals surface area (Å²) in [5.41, 5.74) is 10.3. The highest BCUT2D eigenvalue weighted by Gasteiger charge is 2.24. The fourth-order valence-corrected chi connectivity index (χ4v) is 6.31. The van der Waals surface area contributed by atoms with Gasteiger partial charge in [-0.05, 0) is 77.5 Å². The van der Waals surface area contributed by atoms with Gasteiger partial charge in [0.2, 0.25) is 5.91 Å². The summed E-state index contributed by atoms with van der Waals surface area (Å²) in [6.45, 7) is 7.13. The molecule has 0 saturated carbocycles. The molecule has 3 aliphatic carbocycles. The molecule has 11 nitrogen and oxygen atoms in total. The molecule has 0 radical (unpaired) electrons. The van der Waals surface area contributed by atoms with Crippen LogP contribution in [0.4, 0.5) is 11.4 Å². The van der Waals surface area contributed by atoms with E-state index in [0.717, 1.165) is 89.4 Å². The number of nitrogens with zero attached hydrogens (tertiary/aromatic N) is 5. The standard InChI is InChI=1S/C13H13N3O.C12H14N2O2.C11H14N2O/c1-9-7-11(16-6-5-14-8-16)10-3-2-4-12(17)13(10)15-9;1-7-6-10(14-8(2)15)9-4-3-5-11(16)12(9)13-7;1-7-6-9(12-2)8-4-3-5-10(14)11(8)13-7/h5-8H,2-4H2,1H3;6H,3-5H2,1-2H3,(H,13,14,15);6H,3-5H2,1-2H3,(H,12,13). The van der Waals surface area contributed by atoms with Gasteiger partial charge in [0.25, 0.3) is 0 Å². The lowest BCUT2D eigenvalue weighted by Crippen LogP contribution is -2.18. The fraction of sp³-hybridized carbons (Fsp3) is 0.389. The van der Waals surface area contributed by atoms with Crippen molar-refractivity contribution in [3.8, 4) is 5.69 Å². The number of amides is 1. The number of carbonyl (C=O) groups is 4. The van der Waals surface area contributed by atoms with E-state index in [1.54, 1.807) is 12.5 Å². The lowest BCUT2D eigenvalue weighted by molar-refractivity contribution is -0.114. The average molecular weight is 636 g/mol. The largest absolute Gasteiger partial charge is 0.388 e. The van der Waals surface area contributed by atoms with Crippen LogP contribution in [0.1, 0.15) is 111 Å². The highest BCUT2D eigenvalue weighted by molar-refractivity contribution is 6.00. The number of pyridine rings is 3. The van der Waals surface area contributed by atoms with Crippen molar-refractivity contribution in [1.82, 2.24) is 24.5 Å². The van der Waals surface area contributed by atoms with E-state index in [1.165, 1.54) is 6.92 Å². The van der Waals surface area contributed by atoms with Gasteiger partial charge in [-0.2, -0.15) is 0 Å². The molecule has 3 aliphatic rings. The normalized spacial score (nSPS) is 14.8. The zero-order valence-electron chi connectivity index (χ0n) is 27.7. The number of hydrogen-bond donors (Lipinski definition) is 2. The van der Waals surface area contributed by atoms with Crippen LogP contribution in [0.25, 0.3) is 5.69 Å². The monoisotopic (exact) mass is 635 g/mol. The first-order valence-electron chi connectivity index (χ1n) is 16.1. The molecule has 0 bridgehead atoms. The molecule has 4 aromatic heterocycles. The first kappa shape index (κ1) is 33.3. The van der Waals surface area contributed by atoms with E-state index in [0.29, 0.717) is 36.3 Å². The summed E-state index contributed by atoms with van der Waals surface area (Å²) in [7, 11) is 1.88. The first-order chi connectivity index (χ1) is 22.5. The molecular formula is C36H41N7O4. The smallest absolute Gasteiger partial charge is 0.221 e. The van der Waals surface area contributed by atoms with Crippen molar-refractivity contribution >= 4 is 34.6 Å². The topological polar surface area (TPSA) is 149 Å². The third kappa shape index (κ3) is 7.67. The second kappa shape index (κ2) is 14.6. The molecule has 0 aromatic carbocycles. The molecule has 0 fully saturated rings. The van der Waals surface area contributed by atoms with Crippen molar-refractivity contribution < 1.29 is 19.2 Å². The number of fused-ring (bicyclic) bond motifs is 3. The van der Waals surface area contributed by atoms with Crippen molar-refractivity contribution in [2.24, 2.45) is 0 Å². The highest BCUT2D eigenvalue weighted by atomic mass is 16.1. The Bertz CT molecular complexity index is 1850. The Labute approximate surface area is 274 Å². The Morgan fingerprint density at radius 2 is 1.15 bits per heavy atom. The van der Waals surface area contributed by atoms with Crippen molar-refractivity contribution in [2.75, 3.05) is 17.7 Å². The molecular weight excluding hydrogens is 594 g/mol. The van der Waals surface area contributed by atoms with E-state index >= 15 is 0 Å². The van der Waals surface area contributed by atoms with Gasteiger partial charge in [0, 0.05) is 90.8 Å². The van der Waals surface area contributed by atoms with Crippen LogP contribution in [0, 0.1) is 20.8 Å². The number of hydrogen-bond acceptors (Lipinski definition) is 9. The number of aromatic nitrogens is 5. The Morgan fingerprint density at radius 3 is 1.64 bits per heavy atom. The summed E-state index contributed by atoms with van der Waals surface area (Å²) < 4.78 is 1.95. The summed E-state index contributed by atoms with van der Waals surface area (Å²) in [5.74, 6) is 0.310. The maximum atomic E-state index is 11.9. The molecule has 11 heteroatoms. The second-order valence-electron chi connectivity index (χ2n) is 12.1. The summed E-state index contributed by atoms with van der Waals surface area (Å²) in [5, 5.41) is 5.89. The van der Waals surface area contributed by atoms with E-state index in [4.69, 9.17) is 0 Å². The SMILES string of the molecule is CC(=O)Nc1cc(C)nc2c1CCCC2=O.CNc1cc(C)nc2c1CCCC2=O.Cc1cc(-n2ccnc2)c2c(n1)C(=O)CCC2. The van der Waals surface area contributed by atoms with Gasteiger partial charge in [0.05, 0.1) is 12.0 Å². The van der Waals surface area contributed by atoms with E-state index in [9.17, 15) is 19.2 Å². The van der Waals surface area contributed by atoms with Crippen molar-refractivity contribution in [3.05, 3.63) is 87.8 Å². The van der Waals surface area contributed by atoms with Crippen LogP contribution >= 0.6 is 0 Å². The number of imidazole rings is 1. The number of Topliss-reactive ketones (excluding diaryl/α,β-unsaturated/α-hetero) is 3. The Balaban J connectivity index is 0.000000139. The van der Waals surface area contributed by atoms with E-state index in [-0.39, 0.29) is 23.3 Å². The van der Waals surface area contributed by atoms with Crippen LogP contribution in [0.3, 0.4) is 0 Å². The lowest BCUT2D eigenvalue weighted by Gasteiger charge is -2.18. The van der Waals surface area contributed by atoms with E-state index in [2.05, 4.69) is 30.6 Å². The highest BCUT2D eigenvalue weighted by Crippen LogP contribution is 2.29. The van der Waals surface area contributed by atoms with Crippen molar-refractivity contribution in [2.45, 2.75) is 85.5 Å². The molecule has 1 amide bonds. The Hall–Kier alpha value is -5.06. The molecule has 2 N–H and O–H groups in total. The maximum absolute atomic E-state index is 11.9. The number of ketones is 3. The van der Waals surface area contributed by atoms with E-state index < -0.39 is 0 Å². The molecule has 0 spiro atoms. The van der Waals surface area contributed by atoms with Crippen LogP contribution in [0.5, 0.6) is 0 Å². The Morgan fingerprint density at radius 1 is 0.681 bits per heavy atom. The quantitative estimate of drug-likeness (QED) is 0.280. The molecule has 7 rings (SSSR count). The van der Waals surface area contributed by atoms with Gasteiger partial charge in [-0.3, -0.25) is 19.2 Å². The van der Waals surface area contributed by atoms with Crippen molar-refractivity contribution in [1.29, 1.82) is 0 Å². The number of carbonyl (C=O) groups excluding carboxylic acids is 4. The van der Waals surface area contributed by atoms with Gasteiger partial charge in [-0.1, -0.05) is 0 Å². The van der Waals surface area contributed by atoms with Gasteiger partial charge in [0.1, 0.15) is 17.1 Å². The van der Waals surface area contributed by atoms with Gasteiger partial charge in [0.15, 0.2) is 17.3 Å². The van der Waals surface area contributed by atoms with E-state index in [1.807, 2.05) is 56.8 Å². The molecule has 47 heavy (non-hydrogen) atoms. The number of rotatable bonds is 3. The van der Waals surface area contributed by atoms with Crippen LogP contribution in [0.2, 0.25) is 0 Å². The number of anilines is 2. The van der Waals surface area contributed by atoms with Crippen LogP contribution in [-0.4, -0.2) is 54.8 Å². The van der Waals surface area contributed by atoms with Gasteiger partial charge < -0.3 is 15.2 Å².